The summed E-state index contributed by atoms with van der Waals surface area (Å²) in [6, 6.07) is 7.44. The molecule has 0 amide bonds. The maximum atomic E-state index is 13.2. The third-order valence-corrected chi connectivity index (χ3v) is 5.36. The first-order valence-corrected chi connectivity index (χ1v) is 10.0. The second kappa shape index (κ2) is 7.43. The third kappa shape index (κ3) is 3.79. The van der Waals surface area contributed by atoms with Crippen molar-refractivity contribution < 1.29 is 9.53 Å². The molecule has 29 heavy (non-hydrogen) atoms. The first-order chi connectivity index (χ1) is 13.8. The average Bonchev–Trinajstić information content (AvgIpc) is 3.48. The molecule has 6 nitrogen and oxygen atoms in total. The van der Waals surface area contributed by atoms with Gasteiger partial charge in [-0.15, -0.1) is 5.10 Å². The van der Waals surface area contributed by atoms with E-state index in [2.05, 4.69) is 10.2 Å². The number of Topliss-reactive ketones (excluding diaryl/α,β-unsaturated/α-hetero) is 1. The quantitative estimate of drug-likeness (QED) is 0.592. The van der Waals surface area contributed by atoms with Crippen LogP contribution in [0.3, 0.4) is 0 Å². The lowest BCUT2D eigenvalue weighted by Gasteiger charge is -2.15. The van der Waals surface area contributed by atoms with Gasteiger partial charge in [-0.25, -0.2) is 0 Å². The summed E-state index contributed by atoms with van der Waals surface area (Å²) in [4.78, 5) is 25.8. The monoisotopic (exact) mass is 391 g/mol. The molecule has 0 saturated heterocycles. The second-order valence-corrected chi connectivity index (χ2v) is 8.14. The molecule has 0 aliphatic heterocycles. The molecule has 0 spiro atoms. The highest BCUT2D eigenvalue weighted by Gasteiger charge is 2.25. The Morgan fingerprint density at radius 1 is 1.24 bits per heavy atom. The van der Waals surface area contributed by atoms with E-state index in [1.807, 2.05) is 45.0 Å². The molecule has 3 aromatic rings. The fourth-order valence-corrected chi connectivity index (χ4v) is 3.60. The topological polar surface area (TPSA) is 74.1 Å². The number of fused-ring (bicyclic) bond motifs is 1. The van der Waals surface area contributed by atoms with E-state index >= 15 is 0 Å². The molecule has 0 bridgehead atoms. The number of aromatic nitrogens is 3. The van der Waals surface area contributed by atoms with Crippen LogP contribution >= 0.6 is 0 Å². The summed E-state index contributed by atoms with van der Waals surface area (Å²) in [7, 11) is 1.71. The standard InChI is InChI=1S/C23H25N3O3/c1-13(2)29-22-21-17(12-24-25-22)11-19(23(28)26(21)4)18-10-16(8-5-14(18)3)20(27)9-15-6-7-15/h5,8,10-13,15H,6-7,9H2,1-4H3. The van der Waals surface area contributed by atoms with Gasteiger partial charge in [0, 0.05) is 30.0 Å². The lowest BCUT2D eigenvalue weighted by molar-refractivity contribution is 0.0976. The van der Waals surface area contributed by atoms with Gasteiger partial charge in [-0.3, -0.25) is 9.59 Å². The summed E-state index contributed by atoms with van der Waals surface area (Å²) in [5.74, 6) is 1.01. The van der Waals surface area contributed by atoms with Crippen molar-refractivity contribution in [2.45, 2.75) is 46.1 Å². The molecule has 1 aromatic carbocycles. The molecule has 150 valence electrons. The molecule has 2 heterocycles. The molecule has 1 saturated carbocycles. The minimum atomic E-state index is -0.158. The van der Waals surface area contributed by atoms with Gasteiger partial charge in [-0.2, -0.15) is 5.10 Å². The zero-order chi connectivity index (χ0) is 20.7. The molecule has 0 radical (unpaired) electrons. The van der Waals surface area contributed by atoms with Crippen LogP contribution in [0.4, 0.5) is 0 Å². The predicted molar refractivity (Wildman–Crippen MR) is 112 cm³/mol. The van der Waals surface area contributed by atoms with E-state index in [1.165, 1.54) is 0 Å². The van der Waals surface area contributed by atoms with Crippen LogP contribution in [-0.2, 0) is 7.05 Å². The van der Waals surface area contributed by atoms with Gasteiger partial charge in [0.1, 0.15) is 5.52 Å². The predicted octanol–water partition coefficient (Wildman–Crippen LogP) is 4.07. The number of ether oxygens (including phenoxy) is 1. The van der Waals surface area contributed by atoms with Crippen LogP contribution in [0.1, 0.15) is 49.0 Å². The number of benzene rings is 1. The Hall–Kier alpha value is -3.02. The van der Waals surface area contributed by atoms with Gasteiger partial charge >= 0.3 is 0 Å². The lowest BCUT2D eigenvalue weighted by atomic mass is 9.95. The van der Waals surface area contributed by atoms with Crippen molar-refractivity contribution in [2.75, 3.05) is 0 Å². The fraction of sp³-hybridized carbons (Fsp3) is 0.391. The maximum absolute atomic E-state index is 13.2. The number of pyridine rings is 1. The highest BCUT2D eigenvalue weighted by molar-refractivity contribution is 5.98. The Labute approximate surface area is 169 Å². The Balaban J connectivity index is 1.85. The van der Waals surface area contributed by atoms with Crippen LogP contribution in [0.5, 0.6) is 5.88 Å². The Bertz CT molecular complexity index is 1160. The summed E-state index contributed by atoms with van der Waals surface area (Å²) < 4.78 is 7.30. The Kier molecular flexibility index (Phi) is 4.94. The van der Waals surface area contributed by atoms with E-state index in [9.17, 15) is 9.59 Å². The minimum absolute atomic E-state index is 0.0823. The number of carbonyl (C=O) groups excluding carboxylic acids is 1. The van der Waals surface area contributed by atoms with Gasteiger partial charge in [0.15, 0.2) is 5.78 Å². The van der Waals surface area contributed by atoms with Gasteiger partial charge in [0.2, 0.25) is 0 Å². The fourth-order valence-electron chi connectivity index (χ4n) is 3.60. The van der Waals surface area contributed by atoms with Crippen molar-refractivity contribution in [1.82, 2.24) is 14.8 Å². The molecule has 1 fully saturated rings. The summed E-state index contributed by atoms with van der Waals surface area (Å²) in [6.07, 6.45) is 4.41. The average molecular weight is 391 g/mol. The zero-order valence-corrected chi connectivity index (χ0v) is 17.2. The number of carbonyl (C=O) groups is 1. The smallest absolute Gasteiger partial charge is 0.258 e. The molecule has 2 aromatic heterocycles. The molecule has 1 aliphatic carbocycles. The van der Waals surface area contributed by atoms with Crippen LogP contribution < -0.4 is 10.3 Å². The molecular formula is C23H25N3O3. The Morgan fingerprint density at radius 2 is 2.00 bits per heavy atom. The van der Waals surface area contributed by atoms with Crippen LogP contribution in [0.2, 0.25) is 0 Å². The SMILES string of the molecule is Cc1ccc(C(=O)CC2CC2)cc1-c1cc2cnnc(OC(C)C)c2n(C)c1=O. The van der Waals surface area contributed by atoms with E-state index in [0.717, 1.165) is 29.4 Å². The Morgan fingerprint density at radius 3 is 2.69 bits per heavy atom. The maximum Gasteiger partial charge on any atom is 0.258 e. The van der Waals surface area contributed by atoms with Gasteiger partial charge in [0.25, 0.3) is 11.4 Å². The molecule has 0 N–H and O–H groups in total. The van der Waals surface area contributed by atoms with Crippen molar-refractivity contribution in [3.05, 3.63) is 51.9 Å². The summed E-state index contributed by atoms with van der Waals surface area (Å²) in [5.41, 5.74) is 3.39. The van der Waals surface area contributed by atoms with E-state index in [4.69, 9.17) is 4.74 Å². The lowest BCUT2D eigenvalue weighted by Crippen LogP contribution is -2.21. The minimum Gasteiger partial charge on any atom is -0.472 e. The van der Waals surface area contributed by atoms with Crippen molar-refractivity contribution >= 4 is 16.7 Å². The highest BCUT2D eigenvalue weighted by Crippen LogP contribution is 2.34. The van der Waals surface area contributed by atoms with Gasteiger partial charge in [0.05, 0.1) is 12.3 Å². The summed E-state index contributed by atoms with van der Waals surface area (Å²) in [5, 5.41) is 8.86. The number of hydrogen-bond acceptors (Lipinski definition) is 5. The van der Waals surface area contributed by atoms with Gasteiger partial charge in [-0.05, 0) is 62.8 Å². The zero-order valence-electron chi connectivity index (χ0n) is 17.2. The molecule has 0 atom stereocenters. The van der Waals surface area contributed by atoms with E-state index in [-0.39, 0.29) is 17.4 Å². The number of ketones is 1. The number of nitrogens with zero attached hydrogens (tertiary/aromatic N) is 3. The normalized spacial score (nSPS) is 13.8. The van der Waals surface area contributed by atoms with E-state index in [1.54, 1.807) is 17.8 Å². The number of hydrogen-bond donors (Lipinski definition) is 0. The largest absolute Gasteiger partial charge is 0.472 e. The molecule has 1 aliphatic rings. The highest BCUT2D eigenvalue weighted by atomic mass is 16.5. The molecular weight excluding hydrogens is 366 g/mol. The van der Waals surface area contributed by atoms with E-state index in [0.29, 0.717) is 34.9 Å². The van der Waals surface area contributed by atoms with Crippen LogP contribution in [0, 0.1) is 12.8 Å². The molecule has 6 heteroatoms. The van der Waals surface area contributed by atoms with Crippen LogP contribution in [0.25, 0.3) is 22.0 Å². The van der Waals surface area contributed by atoms with Crippen molar-refractivity contribution in [1.29, 1.82) is 0 Å². The number of aryl methyl sites for hydroxylation is 2. The van der Waals surface area contributed by atoms with Crippen LogP contribution in [0.15, 0.2) is 35.3 Å². The van der Waals surface area contributed by atoms with Crippen molar-refractivity contribution in [2.24, 2.45) is 13.0 Å². The molecule has 0 unspecified atom stereocenters. The second-order valence-electron chi connectivity index (χ2n) is 8.14. The summed E-state index contributed by atoms with van der Waals surface area (Å²) >= 11 is 0. The number of rotatable bonds is 6. The van der Waals surface area contributed by atoms with Gasteiger partial charge in [-0.1, -0.05) is 12.1 Å². The summed E-state index contributed by atoms with van der Waals surface area (Å²) in [6.45, 7) is 5.76. The first-order valence-electron chi connectivity index (χ1n) is 10.0. The first kappa shape index (κ1) is 19.3. The molecule has 4 rings (SSSR count). The third-order valence-electron chi connectivity index (χ3n) is 5.36. The van der Waals surface area contributed by atoms with Crippen molar-refractivity contribution in [3.8, 4) is 17.0 Å². The van der Waals surface area contributed by atoms with Crippen LogP contribution in [-0.4, -0.2) is 26.7 Å². The van der Waals surface area contributed by atoms with E-state index < -0.39 is 0 Å². The van der Waals surface area contributed by atoms with Crippen molar-refractivity contribution in [3.63, 3.8) is 0 Å². The van der Waals surface area contributed by atoms with Gasteiger partial charge < -0.3 is 9.30 Å².